The van der Waals surface area contributed by atoms with Crippen LogP contribution in [-0.4, -0.2) is 35.1 Å². The number of fused-ring (bicyclic) bond motifs is 1. The Morgan fingerprint density at radius 1 is 0.867 bits per heavy atom. The van der Waals surface area contributed by atoms with Crippen molar-refractivity contribution >= 4 is 81.4 Å². The molecule has 0 radical (unpaired) electrons. The molecule has 2 aromatic carbocycles. The summed E-state index contributed by atoms with van der Waals surface area (Å²) >= 11 is 1.74. The van der Waals surface area contributed by atoms with Crippen LogP contribution in [0.15, 0.2) is 57.8 Å². The van der Waals surface area contributed by atoms with Crippen molar-refractivity contribution in [3.8, 4) is 0 Å². The summed E-state index contributed by atoms with van der Waals surface area (Å²) in [6.45, 7) is 0. The maximum atomic E-state index is 5.52. The number of hydrogen-bond donors (Lipinski definition) is 0. The molecule has 0 spiro atoms. The zero-order chi connectivity index (χ0) is 21.2. The van der Waals surface area contributed by atoms with Gasteiger partial charge in [0, 0.05) is 32.3 Å². The summed E-state index contributed by atoms with van der Waals surface area (Å²) < 4.78 is 18.9. The molecule has 0 aliphatic heterocycles. The van der Waals surface area contributed by atoms with E-state index < -0.39 is 8.80 Å². The van der Waals surface area contributed by atoms with Gasteiger partial charge in [0.1, 0.15) is 0 Å². The van der Waals surface area contributed by atoms with Crippen LogP contribution in [0.1, 0.15) is 12.0 Å². The molecule has 0 amide bonds. The lowest BCUT2D eigenvalue weighted by Gasteiger charge is -2.24. The largest absolute Gasteiger partial charge is 0.500 e. The molecule has 0 aliphatic carbocycles. The Morgan fingerprint density at radius 3 is 2.33 bits per heavy atom. The summed E-state index contributed by atoms with van der Waals surface area (Å²) in [5.74, 6) is 0. The monoisotopic (exact) mass is 533 g/mol. The zero-order valence-corrected chi connectivity index (χ0v) is 22.8. The van der Waals surface area contributed by atoms with Gasteiger partial charge < -0.3 is 13.3 Å². The van der Waals surface area contributed by atoms with Crippen LogP contribution in [0.5, 0.6) is 0 Å². The highest BCUT2D eigenvalue weighted by Gasteiger charge is 2.36. The third-order valence-corrected chi connectivity index (χ3v) is 16.9. The van der Waals surface area contributed by atoms with Crippen molar-refractivity contribution < 1.29 is 13.3 Å². The van der Waals surface area contributed by atoms with Crippen molar-refractivity contribution in [1.29, 1.82) is 0 Å². The summed E-state index contributed by atoms with van der Waals surface area (Å²) in [6.07, 6.45) is 1.95. The van der Waals surface area contributed by atoms with E-state index in [0.717, 1.165) is 28.7 Å². The predicted molar refractivity (Wildman–Crippen MR) is 140 cm³/mol. The van der Waals surface area contributed by atoms with Gasteiger partial charge in [0.15, 0.2) is 4.34 Å². The Balaban J connectivity index is 1.43. The third-order valence-electron chi connectivity index (χ3n) is 4.39. The Morgan fingerprint density at radius 2 is 1.57 bits per heavy atom. The molecule has 11 heteroatoms. The minimum Gasteiger partial charge on any atom is -0.377 e. The number of aryl methyl sites for hydroxylation is 1. The van der Waals surface area contributed by atoms with Crippen LogP contribution in [0, 0.1) is 0 Å². The van der Waals surface area contributed by atoms with Crippen LogP contribution in [0.3, 0.4) is 0 Å². The molecule has 0 N–H and O–H groups in total. The van der Waals surface area contributed by atoms with Crippen LogP contribution >= 0.6 is 62.4 Å². The normalized spacial score (nSPS) is 12.0. The Labute approximate surface area is 202 Å². The summed E-state index contributed by atoms with van der Waals surface area (Å²) in [5.41, 5.74) is 2.43. The lowest BCUT2D eigenvalue weighted by Crippen LogP contribution is -2.42. The molecule has 0 bridgehead atoms. The van der Waals surface area contributed by atoms with Crippen molar-refractivity contribution in [3.63, 3.8) is 0 Å². The molecule has 1 aromatic heterocycles. The van der Waals surface area contributed by atoms with Gasteiger partial charge in [0.2, 0.25) is 0 Å². The van der Waals surface area contributed by atoms with Crippen LogP contribution in [0.2, 0.25) is 6.04 Å². The van der Waals surface area contributed by atoms with E-state index in [1.54, 1.807) is 72.9 Å². The number of nitrogens with zero attached hydrogens (tertiary/aromatic N) is 1. The minimum absolute atomic E-state index is 0.812. The van der Waals surface area contributed by atoms with E-state index in [0.29, 0.717) is 0 Å². The lowest BCUT2D eigenvalue weighted by molar-refractivity contribution is 0.123. The first-order valence-electron chi connectivity index (χ1n) is 9.13. The van der Waals surface area contributed by atoms with Gasteiger partial charge in [-0.25, -0.2) is 4.98 Å². The number of benzene rings is 2. The molecule has 0 atom stereocenters. The second-order valence-electron chi connectivity index (χ2n) is 6.07. The average molecular weight is 534 g/mol. The van der Waals surface area contributed by atoms with Crippen LogP contribution in [0.25, 0.3) is 10.2 Å². The number of thiazole rings is 1. The molecule has 4 nitrogen and oxygen atoms in total. The molecule has 1 heterocycles. The highest BCUT2D eigenvalue weighted by molar-refractivity contribution is 9.35. The maximum absolute atomic E-state index is 5.52. The van der Waals surface area contributed by atoms with Crippen molar-refractivity contribution in [2.24, 2.45) is 0 Å². The Bertz CT molecular complexity index is 883. The van der Waals surface area contributed by atoms with Crippen LogP contribution in [-0.2, 0) is 19.7 Å². The van der Waals surface area contributed by atoms with Crippen molar-refractivity contribution in [2.45, 2.75) is 28.1 Å². The molecule has 0 saturated heterocycles. The van der Waals surface area contributed by atoms with E-state index in [1.165, 1.54) is 15.2 Å². The number of para-hydroxylation sites is 1. The van der Waals surface area contributed by atoms with Gasteiger partial charge in [-0.15, -0.1) is 11.3 Å². The molecule has 162 valence electrons. The summed E-state index contributed by atoms with van der Waals surface area (Å²) in [4.78, 5) is 5.97. The van der Waals surface area contributed by atoms with Gasteiger partial charge in [0.25, 0.3) is 0 Å². The van der Waals surface area contributed by atoms with E-state index >= 15 is 0 Å². The van der Waals surface area contributed by atoms with Crippen LogP contribution < -0.4 is 0 Å². The minimum atomic E-state index is -2.50. The lowest BCUT2D eigenvalue weighted by atomic mass is 10.1. The molecular formula is C19H23NO3S6Si. The standard InChI is InChI=1S/C19H23NO3S6Si/c1-21-30(22-2,23-3)14-8-10-15-9-4-6-12-17(15)25-27-29-28-26-19-20-16-11-5-7-13-18(16)24-19/h4-7,9,11-13H,8,10,14H2,1-3H3. The van der Waals surface area contributed by atoms with Gasteiger partial charge in [-0.3, -0.25) is 0 Å². The number of rotatable bonds is 13. The molecule has 0 fully saturated rings. The molecule has 30 heavy (non-hydrogen) atoms. The molecule has 0 aliphatic rings. The summed E-state index contributed by atoms with van der Waals surface area (Å²) in [7, 11) is 11.4. The Hall–Kier alpha value is 0.177. The number of hydrogen-bond acceptors (Lipinski definition) is 10. The smallest absolute Gasteiger partial charge is 0.377 e. The molecular weight excluding hydrogens is 511 g/mol. The molecule has 3 rings (SSSR count). The quantitative estimate of drug-likeness (QED) is 0.124. The molecule has 3 aromatic rings. The van der Waals surface area contributed by atoms with E-state index in [2.05, 4.69) is 47.4 Å². The van der Waals surface area contributed by atoms with Crippen molar-refractivity contribution in [2.75, 3.05) is 21.3 Å². The van der Waals surface area contributed by atoms with Gasteiger partial charge in [0.05, 0.1) is 10.2 Å². The Kier molecular flexibility index (Phi) is 10.8. The fraction of sp³-hybridized carbons (Fsp3) is 0.316. The van der Waals surface area contributed by atoms with Gasteiger partial charge >= 0.3 is 8.80 Å². The maximum Gasteiger partial charge on any atom is 0.500 e. The predicted octanol–water partition coefficient (Wildman–Crippen LogP) is 7.85. The first-order valence-corrected chi connectivity index (χ1v) is 18.0. The number of aromatic nitrogens is 1. The van der Waals surface area contributed by atoms with Gasteiger partial charge in [-0.1, -0.05) is 30.3 Å². The zero-order valence-electron chi connectivity index (χ0n) is 16.9. The summed E-state index contributed by atoms with van der Waals surface area (Å²) in [5, 5.41) is 0. The highest BCUT2D eigenvalue weighted by Crippen LogP contribution is 2.54. The third kappa shape index (κ3) is 7.09. The average Bonchev–Trinajstić information content (AvgIpc) is 3.20. The van der Waals surface area contributed by atoms with Crippen LogP contribution in [0.4, 0.5) is 0 Å². The fourth-order valence-corrected chi connectivity index (χ4v) is 14.5. The second kappa shape index (κ2) is 13.0. The van der Waals surface area contributed by atoms with E-state index in [-0.39, 0.29) is 0 Å². The van der Waals surface area contributed by atoms with Crippen molar-refractivity contribution in [3.05, 3.63) is 54.1 Å². The molecule has 0 saturated carbocycles. The summed E-state index contributed by atoms with van der Waals surface area (Å²) in [6, 6.07) is 17.7. The topological polar surface area (TPSA) is 40.6 Å². The van der Waals surface area contributed by atoms with Gasteiger partial charge in [-0.2, -0.15) is 0 Å². The molecule has 0 unspecified atom stereocenters. The fourth-order valence-electron chi connectivity index (χ4n) is 2.83. The van der Waals surface area contributed by atoms with Crippen molar-refractivity contribution in [1.82, 2.24) is 4.98 Å². The first-order chi connectivity index (χ1) is 14.7. The SMILES string of the molecule is CO[Si](CCCc1ccccc1SSSSSc1nc2ccccc2s1)(OC)OC. The second-order valence-corrected chi connectivity index (χ2v) is 17.9. The van der Waals surface area contributed by atoms with E-state index in [9.17, 15) is 0 Å². The highest BCUT2D eigenvalue weighted by atomic mass is 33.8. The van der Waals surface area contributed by atoms with Gasteiger partial charge in [-0.05, 0) is 87.7 Å². The first kappa shape index (κ1) is 24.8. The van der Waals surface area contributed by atoms with E-state index in [1.807, 2.05) is 16.9 Å². The van der Waals surface area contributed by atoms with E-state index in [4.69, 9.17) is 13.3 Å².